The van der Waals surface area contributed by atoms with Crippen molar-refractivity contribution in [2.75, 3.05) is 7.11 Å². The fraction of sp³-hybridized carbons (Fsp3) is 0.792. The number of carboxylic acid groups (broad SMARTS) is 1. The molecular weight excluding hydrogens is 384 g/mol. The Morgan fingerprint density at radius 1 is 1.17 bits per heavy atom. The van der Waals surface area contributed by atoms with Crippen LogP contribution in [0.25, 0.3) is 0 Å². The van der Waals surface area contributed by atoms with Crippen molar-refractivity contribution in [3.63, 3.8) is 0 Å². The van der Waals surface area contributed by atoms with E-state index in [1.54, 1.807) is 6.08 Å². The van der Waals surface area contributed by atoms with E-state index in [0.717, 1.165) is 31.3 Å². The fourth-order valence-corrected chi connectivity index (χ4v) is 7.79. The van der Waals surface area contributed by atoms with Crippen molar-refractivity contribution >= 4 is 17.7 Å². The van der Waals surface area contributed by atoms with Gasteiger partial charge in [0.2, 0.25) is 0 Å². The van der Waals surface area contributed by atoms with Crippen LogP contribution in [-0.2, 0) is 19.1 Å². The van der Waals surface area contributed by atoms with Crippen LogP contribution in [0, 0.1) is 34.5 Å². The van der Waals surface area contributed by atoms with Gasteiger partial charge in [-0.15, -0.1) is 0 Å². The van der Waals surface area contributed by atoms with E-state index in [1.807, 2.05) is 0 Å². The van der Waals surface area contributed by atoms with Gasteiger partial charge in [-0.1, -0.05) is 19.4 Å². The lowest BCUT2D eigenvalue weighted by atomic mass is 9.44. The summed E-state index contributed by atoms with van der Waals surface area (Å²) in [5.74, 6) is -0.763. The fourth-order valence-electron chi connectivity index (χ4n) is 7.79. The Kier molecular flexibility index (Phi) is 5.16. The molecule has 4 rings (SSSR count). The smallest absolute Gasteiger partial charge is 0.309 e. The first-order valence-electron chi connectivity index (χ1n) is 11.3. The molecule has 0 radical (unpaired) electrons. The van der Waals surface area contributed by atoms with Crippen molar-refractivity contribution in [3.05, 3.63) is 11.6 Å². The van der Waals surface area contributed by atoms with Crippen molar-refractivity contribution in [3.8, 4) is 0 Å². The number of carboxylic acids is 1. The van der Waals surface area contributed by atoms with E-state index in [9.17, 15) is 24.6 Å². The maximum atomic E-state index is 12.9. The lowest BCUT2D eigenvalue weighted by Gasteiger charge is -2.60. The predicted molar refractivity (Wildman–Crippen MR) is 109 cm³/mol. The molecular formula is C24H34O6. The summed E-state index contributed by atoms with van der Waals surface area (Å²) in [6, 6.07) is 0. The second kappa shape index (κ2) is 7.18. The minimum atomic E-state index is -1.01. The van der Waals surface area contributed by atoms with Gasteiger partial charge in [0.25, 0.3) is 0 Å². The number of fused-ring (bicyclic) bond motifs is 5. The van der Waals surface area contributed by atoms with E-state index in [-0.39, 0.29) is 53.7 Å². The second-order valence-corrected chi connectivity index (χ2v) is 10.6. The van der Waals surface area contributed by atoms with Crippen molar-refractivity contribution < 1.29 is 29.3 Å². The van der Waals surface area contributed by atoms with Crippen molar-refractivity contribution in [1.29, 1.82) is 0 Å². The number of ether oxygens (including phenoxy) is 1. The molecule has 3 saturated carbocycles. The van der Waals surface area contributed by atoms with E-state index in [1.165, 1.54) is 7.11 Å². The number of aliphatic hydroxyl groups is 1. The molecule has 0 heterocycles. The zero-order valence-electron chi connectivity index (χ0n) is 18.3. The second-order valence-electron chi connectivity index (χ2n) is 10.6. The molecule has 2 N–H and O–H groups in total. The maximum Gasteiger partial charge on any atom is 0.309 e. The SMILES string of the molecule is COC(=O)C1CC2=CC(=O)CC[C@]2(C)[C@H]2CC[C@@]3(C)[C@@H](CC[C@]3(O)CCC(=O)O)[C@H]12. The summed E-state index contributed by atoms with van der Waals surface area (Å²) in [6.45, 7) is 4.36. The topological polar surface area (TPSA) is 101 Å². The molecule has 0 amide bonds. The molecule has 4 aliphatic rings. The van der Waals surface area contributed by atoms with Crippen LogP contribution in [0.15, 0.2) is 11.6 Å². The van der Waals surface area contributed by atoms with E-state index in [4.69, 9.17) is 4.74 Å². The van der Waals surface area contributed by atoms with Gasteiger partial charge in [0.1, 0.15) is 0 Å². The number of allylic oxidation sites excluding steroid dienone is 1. The highest BCUT2D eigenvalue weighted by atomic mass is 16.5. The number of carbonyl (C=O) groups excluding carboxylic acids is 2. The summed E-state index contributed by atoms with van der Waals surface area (Å²) in [6.07, 6.45) is 6.99. The van der Waals surface area contributed by atoms with Crippen LogP contribution in [0.2, 0.25) is 0 Å². The molecule has 3 fully saturated rings. The van der Waals surface area contributed by atoms with Gasteiger partial charge in [0.15, 0.2) is 5.78 Å². The third-order valence-electron chi connectivity index (χ3n) is 9.59. The summed E-state index contributed by atoms with van der Waals surface area (Å²) < 4.78 is 5.20. The van der Waals surface area contributed by atoms with Crippen LogP contribution < -0.4 is 0 Å². The first-order chi connectivity index (χ1) is 14.1. The average molecular weight is 419 g/mol. The van der Waals surface area contributed by atoms with Gasteiger partial charge in [-0.05, 0) is 79.6 Å². The minimum Gasteiger partial charge on any atom is -0.481 e. The van der Waals surface area contributed by atoms with Crippen molar-refractivity contribution in [2.45, 2.75) is 77.2 Å². The van der Waals surface area contributed by atoms with Crippen LogP contribution in [0.3, 0.4) is 0 Å². The van der Waals surface area contributed by atoms with Gasteiger partial charge in [-0.2, -0.15) is 0 Å². The Morgan fingerprint density at radius 2 is 1.87 bits per heavy atom. The Hall–Kier alpha value is -1.69. The summed E-state index contributed by atoms with van der Waals surface area (Å²) in [5.41, 5.74) is -0.413. The van der Waals surface area contributed by atoms with Gasteiger partial charge in [0, 0.05) is 12.8 Å². The van der Waals surface area contributed by atoms with Crippen LogP contribution in [0.5, 0.6) is 0 Å². The lowest BCUT2D eigenvalue weighted by molar-refractivity contribution is -0.169. The Balaban J connectivity index is 1.73. The van der Waals surface area contributed by atoms with Crippen LogP contribution in [0.4, 0.5) is 0 Å². The molecule has 0 saturated heterocycles. The summed E-state index contributed by atoms with van der Waals surface area (Å²) in [7, 11) is 1.42. The molecule has 0 bridgehead atoms. The summed E-state index contributed by atoms with van der Waals surface area (Å²) in [5, 5.41) is 20.7. The first-order valence-corrected chi connectivity index (χ1v) is 11.3. The lowest BCUT2D eigenvalue weighted by Crippen LogP contribution is -2.58. The van der Waals surface area contributed by atoms with Gasteiger partial charge >= 0.3 is 11.9 Å². The number of hydrogen-bond acceptors (Lipinski definition) is 5. The van der Waals surface area contributed by atoms with E-state index in [2.05, 4.69) is 13.8 Å². The molecule has 1 unspecified atom stereocenters. The number of methoxy groups -OCH3 is 1. The maximum absolute atomic E-state index is 12.9. The highest BCUT2D eigenvalue weighted by Crippen LogP contribution is 2.69. The molecule has 7 atom stereocenters. The van der Waals surface area contributed by atoms with E-state index in [0.29, 0.717) is 19.3 Å². The van der Waals surface area contributed by atoms with Gasteiger partial charge < -0.3 is 14.9 Å². The molecule has 30 heavy (non-hydrogen) atoms. The zero-order chi connectivity index (χ0) is 21.9. The third kappa shape index (κ3) is 2.97. The number of carbonyl (C=O) groups is 3. The molecule has 4 aliphatic carbocycles. The van der Waals surface area contributed by atoms with Crippen molar-refractivity contribution in [1.82, 2.24) is 0 Å². The Bertz CT molecular complexity index is 802. The standard InChI is InChI=1S/C24H34O6/c1-22-8-4-15(25)12-14(22)13-16(21(28)30-3)20-17(22)5-9-23(2)18(20)6-10-24(23,29)11-7-19(26)27/h12,16-18,20,29H,4-11,13H2,1-3H3,(H,26,27)/t16?,17-,18-,20+,22-,23-,24-/m0/s1. The molecule has 0 aliphatic heterocycles. The van der Waals surface area contributed by atoms with Crippen molar-refractivity contribution in [2.24, 2.45) is 34.5 Å². The predicted octanol–water partition coefficient (Wildman–Crippen LogP) is 3.51. The van der Waals surface area contributed by atoms with Crippen LogP contribution >= 0.6 is 0 Å². The largest absolute Gasteiger partial charge is 0.481 e. The third-order valence-corrected chi connectivity index (χ3v) is 9.59. The highest BCUT2D eigenvalue weighted by molar-refractivity contribution is 5.92. The molecule has 0 spiro atoms. The number of rotatable bonds is 4. The monoisotopic (exact) mass is 418 g/mol. The van der Waals surface area contributed by atoms with Crippen LogP contribution in [-0.4, -0.2) is 40.6 Å². The van der Waals surface area contributed by atoms with Gasteiger partial charge in [0.05, 0.1) is 18.6 Å². The van der Waals surface area contributed by atoms with Gasteiger partial charge in [-0.25, -0.2) is 0 Å². The molecule has 0 aromatic carbocycles. The minimum absolute atomic E-state index is 0.0416. The quantitative estimate of drug-likeness (QED) is 0.678. The number of hydrogen-bond donors (Lipinski definition) is 2. The zero-order valence-corrected chi connectivity index (χ0v) is 18.3. The van der Waals surface area contributed by atoms with E-state index < -0.39 is 17.0 Å². The molecule has 0 aromatic heterocycles. The molecule has 6 heteroatoms. The first kappa shape index (κ1) is 21.5. The number of esters is 1. The normalized spacial score (nSPS) is 45.1. The Morgan fingerprint density at radius 3 is 2.53 bits per heavy atom. The van der Waals surface area contributed by atoms with E-state index >= 15 is 0 Å². The van der Waals surface area contributed by atoms with Gasteiger partial charge in [-0.3, -0.25) is 14.4 Å². The average Bonchev–Trinajstić information content (AvgIpc) is 2.97. The molecule has 0 aromatic rings. The number of aliphatic carboxylic acids is 1. The highest BCUT2D eigenvalue weighted by Gasteiger charge is 2.66. The molecule has 166 valence electrons. The van der Waals surface area contributed by atoms with Crippen LogP contribution in [0.1, 0.15) is 71.6 Å². The summed E-state index contributed by atoms with van der Waals surface area (Å²) in [4.78, 5) is 36.2. The molecule has 6 nitrogen and oxygen atoms in total. The summed E-state index contributed by atoms with van der Waals surface area (Å²) >= 11 is 0. The Labute approximate surface area is 178 Å². The number of ketones is 1.